The summed E-state index contributed by atoms with van der Waals surface area (Å²) in [7, 11) is 0. The molecule has 0 saturated heterocycles. The van der Waals surface area contributed by atoms with Gasteiger partial charge >= 0.3 is 5.97 Å². The number of carbonyl (C=O) groups excluding carboxylic acids is 1. The van der Waals surface area contributed by atoms with E-state index in [-0.39, 0.29) is 12.5 Å². The SMILES string of the molecule is CC(C)COC(=O)Cn1c2ccncc2c2c(N)ncnc21. The molecule has 3 aromatic rings. The van der Waals surface area contributed by atoms with E-state index in [9.17, 15) is 4.79 Å². The summed E-state index contributed by atoms with van der Waals surface area (Å²) in [6.45, 7) is 4.46. The third-order valence-electron chi connectivity index (χ3n) is 3.34. The quantitative estimate of drug-likeness (QED) is 0.737. The molecule has 7 heteroatoms. The normalized spacial score (nSPS) is 11.4. The lowest BCUT2D eigenvalue weighted by Crippen LogP contribution is -2.16. The number of hydrogen-bond acceptors (Lipinski definition) is 6. The zero-order chi connectivity index (χ0) is 15.7. The van der Waals surface area contributed by atoms with E-state index in [4.69, 9.17) is 10.5 Å². The van der Waals surface area contributed by atoms with Gasteiger partial charge in [0.2, 0.25) is 0 Å². The van der Waals surface area contributed by atoms with Gasteiger partial charge in [0, 0.05) is 17.8 Å². The lowest BCUT2D eigenvalue weighted by molar-refractivity contribution is -0.145. The number of rotatable bonds is 4. The van der Waals surface area contributed by atoms with E-state index in [0.29, 0.717) is 29.4 Å². The fourth-order valence-corrected chi connectivity index (χ4v) is 2.38. The van der Waals surface area contributed by atoms with Crippen molar-refractivity contribution in [2.24, 2.45) is 5.92 Å². The molecule has 0 saturated carbocycles. The predicted octanol–water partition coefficient (Wildman–Crippen LogP) is 1.76. The number of carbonyl (C=O) groups is 1. The third kappa shape index (κ3) is 2.45. The molecule has 114 valence electrons. The molecule has 0 amide bonds. The van der Waals surface area contributed by atoms with Gasteiger partial charge in [-0.1, -0.05) is 13.8 Å². The van der Waals surface area contributed by atoms with Gasteiger partial charge in [0.25, 0.3) is 0 Å². The Labute approximate surface area is 127 Å². The van der Waals surface area contributed by atoms with Gasteiger partial charge in [-0.25, -0.2) is 9.97 Å². The largest absolute Gasteiger partial charge is 0.464 e. The number of nitrogens with two attached hydrogens (primary N) is 1. The van der Waals surface area contributed by atoms with Gasteiger partial charge in [-0.2, -0.15) is 0 Å². The maximum absolute atomic E-state index is 12.1. The Morgan fingerprint density at radius 3 is 3.00 bits per heavy atom. The van der Waals surface area contributed by atoms with E-state index in [2.05, 4.69) is 15.0 Å². The van der Waals surface area contributed by atoms with Crippen molar-refractivity contribution in [3.63, 3.8) is 0 Å². The molecule has 0 bridgehead atoms. The molecule has 0 unspecified atom stereocenters. The van der Waals surface area contributed by atoms with Crippen LogP contribution in [0.15, 0.2) is 24.8 Å². The highest BCUT2D eigenvalue weighted by atomic mass is 16.5. The molecule has 0 aromatic carbocycles. The Bertz CT molecular complexity index is 840. The summed E-state index contributed by atoms with van der Waals surface area (Å²) >= 11 is 0. The molecule has 0 aliphatic carbocycles. The molecular formula is C15H17N5O2. The monoisotopic (exact) mass is 299 g/mol. The number of nitrogen functional groups attached to an aromatic ring is 1. The first-order valence-corrected chi connectivity index (χ1v) is 7.06. The van der Waals surface area contributed by atoms with Crippen molar-refractivity contribution in [3.8, 4) is 0 Å². The zero-order valence-corrected chi connectivity index (χ0v) is 12.5. The average molecular weight is 299 g/mol. The summed E-state index contributed by atoms with van der Waals surface area (Å²) < 4.78 is 7.04. The molecule has 3 heterocycles. The summed E-state index contributed by atoms with van der Waals surface area (Å²) in [5.74, 6) is 0.364. The van der Waals surface area contributed by atoms with Gasteiger partial charge in [-0.05, 0) is 12.0 Å². The zero-order valence-electron chi connectivity index (χ0n) is 12.5. The number of pyridine rings is 1. The van der Waals surface area contributed by atoms with Gasteiger partial charge in [0.1, 0.15) is 24.3 Å². The second kappa shape index (κ2) is 5.59. The number of esters is 1. The summed E-state index contributed by atoms with van der Waals surface area (Å²) in [5.41, 5.74) is 7.40. The van der Waals surface area contributed by atoms with Crippen LogP contribution in [0.1, 0.15) is 13.8 Å². The Balaban J connectivity index is 2.07. The highest BCUT2D eigenvalue weighted by molar-refractivity contribution is 6.11. The van der Waals surface area contributed by atoms with Crippen molar-refractivity contribution < 1.29 is 9.53 Å². The number of aromatic nitrogens is 4. The summed E-state index contributed by atoms with van der Waals surface area (Å²) in [6.07, 6.45) is 4.76. The van der Waals surface area contributed by atoms with Crippen LogP contribution < -0.4 is 5.73 Å². The molecule has 3 aromatic heterocycles. The minimum atomic E-state index is -0.304. The van der Waals surface area contributed by atoms with Crippen LogP contribution in [-0.4, -0.2) is 32.1 Å². The molecule has 0 aliphatic rings. The summed E-state index contributed by atoms with van der Waals surface area (Å²) in [6, 6.07) is 1.83. The maximum atomic E-state index is 12.1. The van der Waals surface area contributed by atoms with Crippen LogP contribution >= 0.6 is 0 Å². The molecule has 3 rings (SSSR count). The molecule has 2 N–H and O–H groups in total. The minimum absolute atomic E-state index is 0.0766. The van der Waals surface area contributed by atoms with E-state index in [1.165, 1.54) is 6.33 Å². The second-order valence-corrected chi connectivity index (χ2v) is 5.51. The van der Waals surface area contributed by atoms with Crippen molar-refractivity contribution in [1.29, 1.82) is 0 Å². The fourth-order valence-electron chi connectivity index (χ4n) is 2.38. The number of hydrogen-bond donors (Lipinski definition) is 1. The van der Waals surface area contributed by atoms with Crippen LogP contribution in [0, 0.1) is 5.92 Å². The molecule has 0 spiro atoms. The topological polar surface area (TPSA) is 95.9 Å². The molecule has 0 atom stereocenters. The van der Waals surface area contributed by atoms with E-state index in [0.717, 1.165) is 10.9 Å². The first-order valence-electron chi connectivity index (χ1n) is 7.06. The van der Waals surface area contributed by atoms with Crippen LogP contribution in [0.25, 0.3) is 21.9 Å². The van der Waals surface area contributed by atoms with E-state index >= 15 is 0 Å². The number of fused-ring (bicyclic) bond motifs is 3. The fraction of sp³-hybridized carbons (Fsp3) is 0.333. The summed E-state index contributed by atoms with van der Waals surface area (Å²) in [4.78, 5) is 24.5. The lowest BCUT2D eigenvalue weighted by Gasteiger charge is -2.09. The smallest absolute Gasteiger partial charge is 0.326 e. The standard InChI is InChI=1S/C15H17N5O2/c1-9(2)7-22-12(21)6-20-11-3-4-17-5-10(11)13-14(16)18-8-19-15(13)20/h3-5,8-9H,6-7H2,1-2H3,(H2,16,18,19). The molecular weight excluding hydrogens is 282 g/mol. The van der Waals surface area contributed by atoms with Crippen LogP contribution in [-0.2, 0) is 16.1 Å². The predicted molar refractivity (Wildman–Crippen MR) is 83.0 cm³/mol. The van der Waals surface area contributed by atoms with Crippen LogP contribution in [0.3, 0.4) is 0 Å². The van der Waals surface area contributed by atoms with Crippen molar-refractivity contribution in [1.82, 2.24) is 19.5 Å². The maximum Gasteiger partial charge on any atom is 0.326 e. The van der Waals surface area contributed by atoms with Gasteiger partial charge in [0.15, 0.2) is 0 Å². The van der Waals surface area contributed by atoms with Crippen LogP contribution in [0.4, 0.5) is 5.82 Å². The van der Waals surface area contributed by atoms with Crippen molar-refractivity contribution in [2.45, 2.75) is 20.4 Å². The number of ether oxygens (including phenoxy) is 1. The number of nitrogens with zero attached hydrogens (tertiary/aromatic N) is 4. The van der Waals surface area contributed by atoms with Gasteiger partial charge in [-0.3, -0.25) is 9.78 Å². The third-order valence-corrected chi connectivity index (χ3v) is 3.34. The molecule has 7 nitrogen and oxygen atoms in total. The highest BCUT2D eigenvalue weighted by Crippen LogP contribution is 2.29. The Morgan fingerprint density at radius 1 is 1.41 bits per heavy atom. The number of anilines is 1. The highest BCUT2D eigenvalue weighted by Gasteiger charge is 2.17. The Kier molecular flexibility index (Phi) is 3.62. The molecule has 0 radical (unpaired) electrons. The van der Waals surface area contributed by atoms with E-state index in [1.54, 1.807) is 17.0 Å². The van der Waals surface area contributed by atoms with Crippen molar-refractivity contribution in [3.05, 3.63) is 24.8 Å². The van der Waals surface area contributed by atoms with Crippen LogP contribution in [0.2, 0.25) is 0 Å². The van der Waals surface area contributed by atoms with Crippen LogP contribution in [0.5, 0.6) is 0 Å². The minimum Gasteiger partial charge on any atom is -0.464 e. The lowest BCUT2D eigenvalue weighted by atomic mass is 10.2. The molecule has 0 aliphatic heterocycles. The van der Waals surface area contributed by atoms with Crippen molar-refractivity contribution in [2.75, 3.05) is 12.3 Å². The van der Waals surface area contributed by atoms with Crippen molar-refractivity contribution >= 4 is 33.7 Å². The van der Waals surface area contributed by atoms with Gasteiger partial charge in [-0.15, -0.1) is 0 Å². The van der Waals surface area contributed by atoms with E-state index < -0.39 is 0 Å². The molecule has 22 heavy (non-hydrogen) atoms. The Hall–Kier alpha value is -2.70. The first-order chi connectivity index (χ1) is 10.6. The first kappa shape index (κ1) is 14.2. The van der Waals surface area contributed by atoms with Gasteiger partial charge < -0.3 is 15.0 Å². The second-order valence-electron chi connectivity index (χ2n) is 5.51. The van der Waals surface area contributed by atoms with E-state index in [1.807, 2.05) is 19.9 Å². The average Bonchev–Trinajstić information content (AvgIpc) is 2.81. The molecule has 0 fully saturated rings. The Morgan fingerprint density at radius 2 is 2.23 bits per heavy atom. The van der Waals surface area contributed by atoms with Gasteiger partial charge in [0.05, 0.1) is 17.5 Å². The summed E-state index contributed by atoms with van der Waals surface area (Å²) in [5, 5.41) is 1.54.